The molecule has 1 N–H and O–H groups in total. The summed E-state index contributed by atoms with van der Waals surface area (Å²) in [5, 5.41) is 13.9. The summed E-state index contributed by atoms with van der Waals surface area (Å²) in [5.41, 5.74) is 0.873. The van der Waals surface area contributed by atoms with Gasteiger partial charge >= 0.3 is 5.69 Å². The zero-order valence-electron chi connectivity index (χ0n) is 12.0. The van der Waals surface area contributed by atoms with Crippen LogP contribution in [0.2, 0.25) is 5.02 Å². The Morgan fingerprint density at radius 1 is 1.35 bits per heavy atom. The molecule has 0 spiro atoms. The van der Waals surface area contributed by atoms with Crippen LogP contribution in [0.25, 0.3) is 0 Å². The first-order valence-electron chi connectivity index (χ1n) is 6.49. The lowest BCUT2D eigenvalue weighted by atomic mass is 10.2. The summed E-state index contributed by atoms with van der Waals surface area (Å²) >= 11 is 5.85. The average Bonchev–Trinajstić information content (AvgIpc) is 2.48. The molecule has 0 saturated heterocycles. The van der Waals surface area contributed by atoms with Gasteiger partial charge in [0.1, 0.15) is 5.82 Å². The van der Waals surface area contributed by atoms with Crippen molar-refractivity contribution in [3.8, 4) is 5.75 Å². The lowest BCUT2D eigenvalue weighted by molar-refractivity contribution is -0.385. The van der Waals surface area contributed by atoms with E-state index in [0.717, 1.165) is 23.8 Å². The standard InChI is InChI=1S/C15H12ClFN2O4/c1-9-2-3-10(16)6-12(9)18-15(20)8-23-14-7-11(17)4-5-13(14)19(21)22/h2-7H,8H2,1H3,(H,18,20). The molecular formula is C15H12ClFN2O4. The Balaban J connectivity index is 2.06. The summed E-state index contributed by atoms with van der Waals surface area (Å²) in [7, 11) is 0. The fourth-order valence-electron chi connectivity index (χ4n) is 1.81. The van der Waals surface area contributed by atoms with Crippen molar-refractivity contribution >= 4 is 28.9 Å². The second kappa shape index (κ2) is 7.06. The highest BCUT2D eigenvalue weighted by molar-refractivity contribution is 6.31. The van der Waals surface area contributed by atoms with E-state index in [9.17, 15) is 19.3 Å². The van der Waals surface area contributed by atoms with E-state index in [1.807, 2.05) is 0 Å². The summed E-state index contributed by atoms with van der Waals surface area (Å²) in [4.78, 5) is 22.0. The molecule has 120 valence electrons. The predicted octanol–water partition coefficient (Wildman–Crippen LogP) is 3.71. The number of hydrogen-bond acceptors (Lipinski definition) is 4. The van der Waals surface area contributed by atoms with Crippen LogP contribution in [0.1, 0.15) is 5.56 Å². The van der Waals surface area contributed by atoms with Gasteiger partial charge in [-0.25, -0.2) is 4.39 Å². The van der Waals surface area contributed by atoms with E-state index in [0.29, 0.717) is 10.7 Å². The van der Waals surface area contributed by atoms with Crippen molar-refractivity contribution in [2.45, 2.75) is 6.92 Å². The largest absolute Gasteiger partial charge is 0.477 e. The maximum atomic E-state index is 13.2. The van der Waals surface area contributed by atoms with Gasteiger partial charge in [0.15, 0.2) is 6.61 Å². The smallest absolute Gasteiger partial charge is 0.311 e. The van der Waals surface area contributed by atoms with Crippen LogP contribution in [0.15, 0.2) is 36.4 Å². The highest BCUT2D eigenvalue weighted by Crippen LogP contribution is 2.27. The number of carbonyl (C=O) groups excluding carboxylic acids is 1. The molecule has 2 aromatic rings. The fourth-order valence-corrected chi connectivity index (χ4v) is 1.98. The predicted molar refractivity (Wildman–Crippen MR) is 83.4 cm³/mol. The molecular weight excluding hydrogens is 327 g/mol. The number of nitrogens with zero attached hydrogens (tertiary/aromatic N) is 1. The summed E-state index contributed by atoms with van der Waals surface area (Å²) in [5.74, 6) is -1.56. The van der Waals surface area contributed by atoms with E-state index >= 15 is 0 Å². The van der Waals surface area contributed by atoms with Gasteiger partial charge < -0.3 is 10.1 Å². The van der Waals surface area contributed by atoms with Gasteiger partial charge in [-0.2, -0.15) is 0 Å². The Morgan fingerprint density at radius 3 is 2.78 bits per heavy atom. The van der Waals surface area contributed by atoms with E-state index in [-0.39, 0.29) is 5.75 Å². The molecule has 0 radical (unpaired) electrons. The van der Waals surface area contributed by atoms with Crippen molar-refractivity contribution in [3.63, 3.8) is 0 Å². The molecule has 2 rings (SSSR count). The zero-order chi connectivity index (χ0) is 17.0. The summed E-state index contributed by atoms with van der Waals surface area (Å²) in [6, 6.07) is 7.76. The number of nitrogens with one attached hydrogen (secondary N) is 1. The summed E-state index contributed by atoms with van der Waals surface area (Å²) < 4.78 is 18.2. The molecule has 0 aliphatic heterocycles. The maximum Gasteiger partial charge on any atom is 0.311 e. The van der Waals surface area contributed by atoms with Gasteiger partial charge in [-0.1, -0.05) is 17.7 Å². The molecule has 0 aromatic heterocycles. The van der Waals surface area contributed by atoms with Crippen molar-refractivity contribution in [2.75, 3.05) is 11.9 Å². The van der Waals surface area contributed by atoms with Crippen LogP contribution < -0.4 is 10.1 Å². The minimum atomic E-state index is -0.714. The van der Waals surface area contributed by atoms with Gasteiger partial charge in [0.2, 0.25) is 5.75 Å². The van der Waals surface area contributed by atoms with Gasteiger partial charge in [-0.15, -0.1) is 0 Å². The summed E-state index contributed by atoms with van der Waals surface area (Å²) in [6.45, 7) is 1.28. The average molecular weight is 339 g/mol. The molecule has 6 nitrogen and oxygen atoms in total. The monoisotopic (exact) mass is 338 g/mol. The van der Waals surface area contributed by atoms with E-state index in [4.69, 9.17) is 16.3 Å². The topological polar surface area (TPSA) is 81.5 Å². The van der Waals surface area contributed by atoms with Crippen LogP contribution in [-0.4, -0.2) is 17.4 Å². The van der Waals surface area contributed by atoms with Crippen LogP contribution >= 0.6 is 11.6 Å². The molecule has 1 amide bonds. The Bertz CT molecular complexity index is 767. The van der Waals surface area contributed by atoms with Crippen LogP contribution in [-0.2, 0) is 4.79 Å². The van der Waals surface area contributed by atoms with Crippen molar-refractivity contribution in [2.24, 2.45) is 0 Å². The number of amides is 1. The van der Waals surface area contributed by atoms with Crippen LogP contribution in [0.5, 0.6) is 5.75 Å². The van der Waals surface area contributed by atoms with Gasteiger partial charge in [-0.3, -0.25) is 14.9 Å². The van der Waals surface area contributed by atoms with E-state index in [2.05, 4.69) is 5.32 Å². The van der Waals surface area contributed by atoms with Gasteiger partial charge in [0, 0.05) is 22.8 Å². The molecule has 0 fully saturated rings. The number of aryl methyl sites for hydroxylation is 1. The third-order valence-corrected chi connectivity index (χ3v) is 3.19. The number of benzene rings is 2. The molecule has 8 heteroatoms. The second-order valence-corrected chi connectivity index (χ2v) is 5.10. The molecule has 23 heavy (non-hydrogen) atoms. The third-order valence-electron chi connectivity index (χ3n) is 2.95. The molecule has 0 saturated carbocycles. The molecule has 2 aromatic carbocycles. The van der Waals surface area contributed by atoms with E-state index in [1.165, 1.54) is 0 Å². The number of nitro groups is 1. The lowest BCUT2D eigenvalue weighted by Crippen LogP contribution is -2.21. The highest BCUT2D eigenvalue weighted by Gasteiger charge is 2.17. The van der Waals surface area contributed by atoms with E-state index in [1.54, 1.807) is 25.1 Å². The SMILES string of the molecule is Cc1ccc(Cl)cc1NC(=O)COc1cc(F)ccc1[N+](=O)[O-]. The van der Waals surface area contributed by atoms with E-state index < -0.39 is 28.9 Å². The first kappa shape index (κ1) is 16.7. The summed E-state index contributed by atoms with van der Waals surface area (Å²) in [6.07, 6.45) is 0. The quantitative estimate of drug-likeness (QED) is 0.665. The zero-order valence-corrected chi connectivity index (χ0v) is 12.8. The normalized spacial score (nSPS) is 10.2. The molecule has 0 unspecified atom stereocenters. The number of rotatable bonds is 5. The number of halogens is 2. The Morgan fingerprint density at radius 2 is 2.09 bits per heavy atom. The van der Waals surface area contributed by atoms with Crippen LogP contribution in [0, 0.1) is 22.9 Å². The fraction of sp³-hybridized carbons (Fsp3) is 0.133. The molecule has 0 atom stereocenters. The maximum absolute atomic E-state index is 13.2. The molecule has 0 aliphatic carbocycles. The first-order chi connectivity index (χ1) is 10.9. The number of carbonyl (C=O) groups is 1. The third kappa shape index (κ3) is 4.40. The minimum absolute atomic E-state index is 0.312. The first-order valence-corrected chi connectivity index (χ1v) is 6.87. The molecule has 0 bridgehead atoms. The molecule has 0 aliphatic rings. The Hall–Kier alpha value is -2.67. The van der Waals surface area contributed by atoms with Crippen molar-refractivity contribution in [3.05, 3.63) is 62.9 Å². The number of anilines is 1. The minimum Gasteiger partial charge on any atom is -0.477 e. The van der Waals surface area contributed by atoms with Crippen molar-refractivity contribution in [1.29, 1.82) is 0 Å². The van der Waals surface area contributed by atoms with Gasteiger partial charge in [0.25, 0.3) is 5.91 Å². The van der Waals surface area contributed by atoms with Gasteiger partial charge in [-0.05, 0) is 30.7 Å². The van der Waals surface area contributed by atoms with Gasteiger partial charge in [0.05, 0.1) is 4.92 Å². The van der Waals surface area contributed by atoms with Crippen molar-refractivity contribution in [1.82, 2.24) is 0 Å². The van der Waals surface area contributed by atoms with Crippen LogP contribution in [0.4, 0.5) is 15.8 Å². The number of hydrogen-bond donors (Lipinski definition) is 1. The van der Waals surface area contributed by atoms with Crippen molar-refractivity contribution < 1.29 is 18.8 Å². The number of ether oxygens (including phenoxy) is 1. The Kier molecular flexibility index (Phi) is 5.13. The Labute approximate surface area is 136 Å². The van der Waals surface area contributed by atoms with Crippen LogP contribution in [0.3, 0.4) is 0 Å². The highest BCUT2D eigenvalue weighted by atomic mass is 35.5. The number of nitro benzene ring substituents is 1. The lowest BCUT2D eigenvalue weighted by Gasteiger charge is -2.10. The molecule has 0 heterocycles. The second-order valence-electron chi connectivity index (χ2n) is 4.67.